The molecule has 0 N–H and O–H groups in total. The fourth-order valence-corrected chi connectivity index (χ4v) is 3.72. The fraction of sp³-hybridized carbons (Fsp3) is 0.364. The summed E-state index contributed by atoms with van der Waals surface area (Å²) in [4.78, 5) is 2.09. The van der Waals surface area contributed by atoms with Crippen molar-refractivity contribution in [2.24, 2.45) is 0 Å². The van der Waals surface area contributed by atoms with Gasteiger partial charge in [0.1, 0.15) is 11.6 Å². The molecule has 0 unspecified atom stereocenters. The van der Waals surface area contributed by atoms with Gasteiger partial charge in [0.05, 0.1) is 10.2 Å². The minimum absolute atomic E-state index is 0.153. The second kappa shape index (κ2) is 4.88. The van der Waals surface area contributed by atoms with Crippen molar-refractivity contribution in [3.8, 4) is 6.07 Å². The lowest BCUT2D eigenvalue weighted by Gasteiger charge is -2.21. The third-order valence-electron chi connectivity index (χ3n) is 2.68. The van der Waals surface area contributed by atoms with Crippen molar-refractivity contribution < 1.29 is 4.39 Å². The van der Waals surface area contributed by atoms with Crippen LogP contribution in [-0.4, -0.2) is 13.1 Å². The first-order valence-electron chi connectivity index (χ1n) is 4.97. The summed E-state index contributed by atoms with van der Waals surface area (Å²) in [7, 11) is 0. The molecule has 0 aromatic heterocycles. The van der Waals surface area contributed by atoms with Crippen molar-refractivity contribution in [3.63, 3.8) is 0 Å². The second-order valence-corrected chi connectivity index (χ2v) is 5.70. The van der Waals surface area contributed by atoms with Crippen LogP contribution in [-0.2, 0) is 0 Å². The monoisotopic (exact) mass is 394 g/mol. The Morgan fingerprint density at radius 3 is 2.62 bits per heavy atom. The van der Waals surface area contributed by atoms with Gasteiger partial charge in [-0.3, -0.25) is 0 Å². The van der Waals surface area contributed by atoms with Crippen LogP contribution in [0.3, 0.4) is 0 Å². The van der Waals surface area contributed by atoms with Gasteiger partial charge in [-0.05, 0) is 57.4 Å². The van der Waals surface area contributed by atoms with Gasteiger partial charge in [-0.15, -0.1) is 0 Å². The molecule has 1 aromatic carbocycles. The van der Waals surface area contributed by atoms with E-state index in [1.165, 1.54) is 0 Å². The van der Waals surface area contributed by atoms with E-state index >= 15 is 0 Å². The molecule has 0 spiro atoms. The largest absolute Gasteiger partial charge is 0.370 e. The molecule has 0 radical (unpaired) electrons. The quantitative estimate of drug-likeness (QED) is 0.536. The molecule has 1 heterocycles. The van der Waals surface area contributed by atoms with Gasteiger partial charge in [0.15, 0.2) is 5.82 Å². The molecule has 5 heteroatoms. The number of nitrogens with zero attached hydrogens (tertiary/aromatic N) is 2. The Morgan fingerprint density at radius 2 is 2.06 bits per heavy atom. The molecule has 1 saturated heterocycles. The molecule has 0 saturated carbocycles. The van der Waals surface area contributed by atoms with E-state index < -0.39 is 5.82 Å². The van der Waals surface area contributed by atoms with Crippen molar-refractivity contribution in [1.82, 2.24) is 0 Å². The van der Waals surface area contributed by atoms with Gasteiger partial charge in [-0.1, -0.05) is 0 Å². The molecule has 2 rings (SSSR count). The number of benzene rings is 1. The van der Waals surface area contributed by atoms with Crippen LogP contribution < -0.4 is 4.90 Å². The predicted molar refractivity (Wildman–Crippen MR) is 73.0 cm³/mol. The zero-order chi connectivity index (χ0) is 11.7. The Labute approximate surface area is 116 Å². The summed E-state index contributed by atoms with van der Waals surface area (Å²) in [5.74, 6) is -0.454. The maximum atomic E-state index is 13.8. The summed E-state index contributed by atoms with van der Waals surface area (Å²) >= 11 is 5.28. The first-order chi connectivity index (χ1) is 7.65. The highest BCUT2D eigenvalue weighted by molar-refractivity contribution is 14.1. The average Bonchev–Trinajstić information content (AvgIpc) is 2.76. The smallest absolute Gasteiger partial charge is 0.157 e. The molecule has 84 valence electrons. The van der Waals surface area contributed by atoms with E-state index in [9.17, 15) is 4.39 Å². The summed E-state index contributed by atoms with van der Waals surface area (Å²) in [6.45, 7) is 1.82. The number of halogens is 3. The number of anilines is 1. The van der Waals surface area contributed by atoms with Gasteiger partial charge in [0, 0.05) is 16.7 Å². The Bertz CT molecular complexity index is 464. The Hall–Kier alpha value is -0.350. The SMILES string of the molecule is N#Cc1c(F)c(Br)cc(I)c1N1CCCC1. The third-order valence-corrected chi connectivity index (χ3v) is 4.08. The topological polar surface area (TPSA) is 27.0 Å². The number of hydrogen-bond acceptors (Lipinski definition) is 2. The van der Waals surface area contributed by atoms with Crippen molar-refractivity contribution in [3.05, 3.63) is 25.5 Å². The highest BCUT2D eigenvalue weighted by atomic mass is 127. The molecule has 1 aromatic rings. The fourth-order valence-electron chi connectivity index (χ4n) is 1.94. The van der Waals surface area contributed by atoms with Crippen LogP contribution in [0.1, 0.15) is 18.4 Å². The predicted octanol–water partition coefficient (Wildman–Crippen LogP) is 3.66. The Morgan fingerprint density at radius 1 is 1.44 bits per heavy atom. The molecule has 0 aliphatic carbocycles. The van der Waals surface area contributed by atoms with Crippen LogP contribution >= 0.6 is 38.5 Å². The van der Waals surface area contributed by atoms with E-state index in [0.717, 1.165) is 35.2 Å². The third kappa shape index (κ3) is 2.05. The molecule has 1 fully saturated rings. The highest BCUT2D eigenvalue weighted by Gasteiger charge is 2.22. The lowest BCUT2D eigenvalue weighted by atomic mass is 10.1. The van der Waals surface area contributed by atoms with Crippen molar-refractivity contribution in [2.45, 2.75) is 12.8 Å². The number of rotatable bonds is 1. The van der Waals surface area contributed by atoms with Crippen LogP contribution in [0.4, 0.5) is 10.1 Å². The average molecular weight is 395 g/mol. The van der Waals surface area contributed by atoms with E-state index in [-0.39, 0.29) is 5.56 Å². The van der Waals surface area contributed by atoms with Gasteiger partial charge >= 0.3 is 0 Å². The van der Waals surface area contributed by atoms with Crippen molar-refractivity contribution >= 4 is 44.2 Å². The van der Waals surface area contributed by atoms with E-state index in [0.29, 0.717) is 4.47 Å². The van der Waals surface area contributed by atoms with E-state index in [1.807, 2.05) is 6.07 Å². The van der Waals surface area contributed by atoms with Crippen LogP contribution in [0, 0.1) is 20.7 Å². The maximum Gasteiger partial charge on any atom is 0.157 e. The standard InChI is InChI=1S/C11H9BrFIN2/c12-8-5-9(14)11(7(6-15)10(8)13)16-3-1-2-4-16/h5H,1-4H2. The van der Waals surface area contributed by atoms with E-state index in [1.54, 1.807) is 6.07 Å². The first-order valence-corrected chi connectivity index (χ1v) is 6.85. The van der Waals surface area contributed by atoms with Crippen molar-refractivity contribution in [2.75, 3.05) is 18.0 Å². The minimum atomic E-state index is -0.454. The Balaban J connectivity index is 2.59. The summed E-state index contributed by atoms with van der Waals surface area (Å²) in [5.41, 5.74) is 0.905. The van der Waals surface area contributed by atoms with Gasteiger partial charge < -0.3 is 4.90 Å². The van der Waals surface area contributed by atoms with Gasteiger partial charge in [0.2, 0.25) is 0 Å². The highest BCUT2D eigenvalue weighted by Crippen LogP contribution is 2.34. The van der Waals surface area contributed by atoms with Gasteiger partial charge in [-0.25, -0.2) is 4.39 Å². The molecule has 1 aliphatic heterocycles. The van der Waals surface area contributed by atoms with Gasteiger partial charge in [-0.2, -0.15) is 5.26 Å². The molecule has 16 heavy (non-hydrogen) atoms. The maximum absolute atomic E-state index is 13.8. The lowest BCUT2D eigenvalue weighted by molar-refractivity contribution is 0.616. The summed E-state index contributed by atoms with van der Waals surface area (Å²) < 4.78 is 15.1. The summed E-state index contributed by atoms with van der Waals surface area (Å²) in [5, 5.41) is 9.07. The zero-order valence-corrected chi connectivity index (χ0v) is 12.2. The van der Waals surface area contributed by atoms with Crippen LogP contribution in [0.5, 0.6) is 0 Å². The van der Waals surface area contributed by atoms with Crippen LogP contribution in [0.2, 0.25) is 0 Å². The van der Waals surface area contributed by atoms with E-state index in [4.69, 9.17) is 5.26 Å². The van der Waals surface area contributed by atoms with Crippen LogP contribution in [0.25, 0.3) is 0 Å². The summed E-state index contributed by atoms with van der Waals surface area (Å²) in [6, 6.07) is 3.70. The molecular weight excluding hydrogens is 386 g/mol. The second-order valence-electron chi connectivity index (χ2n) is 3.68. The molecule has 0 bridgehead atoms. The Kier molecular flexibility index (Phi) is 3.70. The van der Waals surface area contributed by atoms with Gasteiger partial charge in [0.25, 0.3) is 0 Å². The number of nitriles is 1. The molecule has 2 nitrogen and oxygen atoms in total. The minimum Gasteiger partial charge on any atom is -0.370 e. The van der Waals surface area contributed by atoms with Crippen molar-refractivity contribution in [1.29, 1.82) is 5.26 Å². The van der Waals surface area contributed by atoms with E-state index in [2.05, 4.69) is 43.4 Å². The molecular formula is C11H9BrFIN2. The zero-order valence-electron chi connectivity index (χ0n) is 8.43. The summed E-state index contributed by atoms with van der Waals surface area (Å²) in [6.07, 6.45) is 2.22. The normalized spacial score (nSPS) is 15.2. The first kappa shape index (κ1) is 12.1. The number of hydrogen-bond donors (Lipinski definition) is 0. The molecule has 1 aliphatic rings. The lowest BCUT2D eigenvalue weighted by Crippen LogP contribution is -2.20. The molecule has 0 atom stereocenters. The van der Waals surface area contributed by atoms with Crippen LogP contribution in [0.15, 0.2) is 10.5 Å². The molecule has 0 amide bonds.